The third kappa shape index (κ3) is 4.54. The van der Waals surface area contributed by atoms with E-state index in [2.05, 4.69) is 0 Å². The zero-order chi connectivity index (χ0) is 18.5. The SMILES string of the molecule is Cc1ccc(CN(C)C(=O)[C@H]2CCCN(C(=O)Cc3ccccc3)C2)o1. The molecular weight excluding hydrogens is 328 g/mol. The third-order valence-electron chi connectivity index (χ3n) is 4.89. The first kappa shape index (κ1) is 18.2. The van der Waals surface area contributed by atoms with E-state index in [1.165, 1.54) is 0 Å². The minimum atomic E-state index is -0.135. The monoisotopic (exact) mass is 354 g/mol. The number of furan rings is 1. The third-order valence-corrected chi connectivity index (χ3v) is 4.89. The van der Waals surface area contributed by atoms with Crippen molar-refractivity contribution in [2.75, 3.05) is 20.1 Å². The van der Waals surface area contributed by atoms with Crippen molar-refractivity contribution in [2.45, 2.75) is 32.7 Å². The van der Waals surface area contributed by atoms with Crippen molar-refractivity contribution in [1.29, 1.82) is 0 Å². The van der Waals surface area contributed by atoms with Gasteiger partial charge in [0.1, 0.15) is 11.5 Å². The van der Waals surface area contributed by atoms with Crippen molar-refractivity contribution in [3.63, 3.8) is 0 Å². The summed E-state index contributed by atoms with van der Waals surface area (Å²) in [7, 11) is 1.80. The lowest BCUT2D eigenvalue weighted by molar-refractivity contribution is -0.140. The maximum atomic E-state index is 12.8. The number of amides is 2. The highest BCUT2D eigenvalue weighted by molar-refractivity contribution is 5.82. The lowest BCUT2D eigenvalue weighted by atomic mass is 9.96. The van der Waals surface area contributed by atoms with E-state index in [0.717, 1.165) is 36.5 Å². The van der Waals surface area contributed by atoms with E-state index in [1.54, 1.807) is 11.9 Å². The first-order valence-corrected chi connectivity index (χ1v) is 9.15. The highest BCUT2D eigenvalue weighted by Crippen LogP contribution is 2.20. The summed E-state index contributed by atoms with van der Waals surface area (Å²) in [5, 5.41) is 0. The van der Waals surface area contributed by atoms with Gasteiger partial charge in [0.2, 0.25) is 11.8 Å². The van der Waals surface area contributed by atoms with Crippen LogP contribution in [-0.4, -0.2) is 41.8 Å². The molecule has 5 heteroatoms. The van der Waals surface area contributed by atoms with Gasteiger partial charge in [0.25, 0.3) is 0 Å². The average molecular weight is 354 g/mol. The standard InChI is InChI=1S/C21H26N2O3/c1-16-10-11-19(26-16)15-22(2)21(25)18-9-6-12-23(14-18)20(24)13-17-7-4-3-5-8-17/h3-5,7-8,10-11,18H,6,9,12-15H2,1-2H3/t18-/m0/s1. The fourth-order valence-corrected chi connectivity index (χ4v) is 3.48. The largest absolute Gasteiger partial charge is 0.464 e. The van der Waals surface area contributed by atoms with E-state index in [4.69, 9.17) is 4.42 Å². The van der Waals surface area contributed by atoms with Gasteiger partial charge in [0.05, 0.1) is 18.9 Å². The highest BCUT2D eigenvalue weighted by Gasteiger charge is 2.30. The molecule has 1 aromatic carbocycles. The van der Waals surface area contributed by atoms with Gasteiger partial charge in [0.15, 0.2) is 0 Å². The highest BCUT2D eigenvalue weighted by atomic mass is 16.3. The molecule has 2 aromatic rings. The minimum absolute atomic E-state index is 0.0799. The van der Waals surface area contributed by atoms with Crippen LogP contribution in [0.1, 0.15) is 29.9 Å². The van der Waals surface area contributed by atoms with Crippen LogP contribution in [0.25, 0.3) is 0 Å². The van der Waals surface area contributed by atoms with E-state index >= 15 is 0 Å². The Morgan fingerprint density at radius 2 is 1.96 bits per heavy atom. The Kier molecular flexibility index (Phi) is 5.76. The molecule has 0 aliphatic carbocycles. The molecule has 1 aromatic heterocycles. The van der Waals surface area contributed by atoms with Crippen LogP contribution in [0.4, 0.5) is 0 Å². The van der Waals surface area contributed by atoms with Crippen molar-refractivity contribution < 1.29 is 14.0 Å². The number of aryl methyl sites for hydroxylation is 1. The zero-order valence-corrected chi connectivity index (χ0v) is 15.5. The Morgan fingerprint density at radius 3 is 2.65 bits per heavy atom. The second-order valence-corrected chi connectivity index (χ2v) is 7.05. The van der Waals surface area contributed by atoms with E-state index in [9.17, 15) is 9.59 Å². The summed E-state index contributed by atoms with van der Waals surface area (Å²) < 4.78 is 5.56. The van der Waals surface area contributed by atoms with Crippen LogP contribution < -0.4 is 0 Å². The molecule has 1 atom stereocenters. The summed E-state index contributed by atoms with van der Waals surface area (Å²) in [5.41, 5.74) is 1.01. The van der Waals surface area contributed by atoms with Crippen LogP contribution in [0.15, 0.2) is 46.9 Å². The van der Waals surface area contributed by atoms with E-state index in [1.807, 2.05) is 54.3 Å². The summed E-state index contributed by atoms with van der Waals surface area (Å²) >= 11 is 0. The second-order valence-electron chi connectivity index (χ2n) is 7.05. The number of nitrogens with zero attached hydrogens (tertiary/aromatic N) is 2. The number of benzene rings is 1. The van der Waals surface area contributed by atoms with Gasteiger partial charge in [-0.2, -0.15) is 0 Å². The molecule has 1 aliphatic rings. The number of carbonyl (C=O) groups excluding carboxylic acids is 2. The summed E-state index contributed by atoms with van der Waals surface area (Å²) in [4.78, 5) is 28.9. The van der Waals surface area contributed by atoms with E-state index in [-0.39, 0.29) is 17.7 Å². The van der Waals surface area contributed by atoms with Crippen molar-refractivity contribution in [3.05, 3.63) is 59.5 Å². The molecular formula is C21H26N2O3. The normalized spacial score (nSPS) is 17.2. The Morgan fingerprint density at radius 1 is 1.19 bits per heavy atom. The first-order chi connectivity index (χ1) is 12.5. The molecule has 2 heterocycles. The smallest absolute Gasteiger partial charge is 0.227 e. The molecule has 0 unspecified atom stereocenters. The van der Waals surface area contributed by atoms with E-state index in [0.29, 0.717) is 19.5 Å². The molecule has 0 saturated carbocycles. The van der Waals surface area contributed by atoms with Crippen LogP contribution >= 0.6 is 0 Å². The number of carbonyl (C=O) groups is 2. The van der Waals surface area contributed by atoms with Crippen molar-refractivity contribution in [3.8, 4) is 0 Å². The predicted octanol–water partition coefficient (Wildman–Crippen LogP) is 3.03. The molecule has 0 radical (unpaired) electrons. The van der Waals surface area contributed by atoms with Gasteiger partial charge in [-0.05, 0) is 37.5 Å². The maximum absolute atomic E-state index is 12.8. The Hall–Kier alpha value is -2.56. The summed E-state index contributed by atoms with van der Waals surface area (Å²) in [6.45, 7) is 3.59. The van der Waals surface area contributed by atoms with Gasteiger partial charge in [-0.25, -0.2) is 0 Å². The number of piperidine rings is 1. The Bertz CT molecular complexity index is 754. The topological polar surface area (TPSA) is 53.8 Å². The van der Waals surface area contributed by atoms with Gasteiger partial charge in [0, 0.05) is 20.1 Å². The van der Waals surface area contributed by atoms with Gasteiger partial charge < -0.3 is 14.2 Å². The molecule has 138 valence electrons. The molecule has 1 aliphatic heterocycles. The van der Waals surface area contributed by atoms with E-state index < -0.39 is 0 Å². The van der Waals surface area contributed by atoms with Crippen molar-refractivity contribution in [2.24, 2.45) is 5.92 Å². The van der Waals surface area contributed by atoms with Crippen LogP contribution in [0.2, 0.25) is 0 Å². The lowest BCUT2D eigenvalue weighted by Crippen LogP contribution is -2.46. The lowest BCUT2D eigenvalue weighted by Gasteiger charge is -2.34. The molecule has 0 N–H and O–H groups in total. The average Bonchev–Trinajstić information content (AvgIpc) is 3.06. The summed E-state index contributed by atoms with van der Waals surface area (Å²) in [6, 6.07) is 13.5. The van der Waals surface area contributed by atoms with Crippen LogP contribution in [0.5, 0.6) is 0 Å². The number of rotatable bonds is 5. The zero-order valence-electron chi connectivity index (χ0n) is 15.5. The quantitative estimate of drug-likeness (QED) is 0.829. The fourth-order valence-electron chi connectivity index (χ4n) is 3.48. The van der Waals surface area contributed by atoms with Crippen LogP contribution in [0, 0.1) is 12.8 Å². The molecule has 0 spiro atoms. The first-order valence-electron chi connectivity index (χ1n) is 9.15. The molecule has 2 amide bonds. The van der Waals surface area contributed by atoms with Gasteiger partial charge in [-0.1, -0.05) is 30.3 Å². The van der Waals surface area contributed by atoms with Gasteiger partial charge >= 0.3 is 0 Å². The van der Waals surface area contributed by atoms with Gasteiger partial charge in [-0.15, -0.1) is 0 Å². The minimum Gasteiger partial charge on any atom is -0.464 e. The van der Waals surface area contributed by atoms with Gasteiger partial charge in [-0.3, -0.25) is 9.59 Å². The summed E-state index contributed by atoms with van der Waals surface area (Å²) in [5.74, 6) is 1.67. The van der Waals surface area contributed by atoms with Crippen LogP contribution in [0.3, 0.4) is 0 Å². The molecule has 3 rings (SSSR count). The molecule has 5 nitrogen and oxygen atoms in total. The Labute approximate surface area is 154 Å². The summed E-state index contributed by atoms with van der Waals surface area (Å²) in [6.07, 6.45) is 2.09. The maximum Gasteiger partial charge on any atom is 0.227 e. The molecule has 0 bridgehead atoms. The number of likely N-dealkylation sites (tertiary alicyclic amines) is 1. The number of hydrogen-bond acceptors (Lipinski definition) is 3. The van der Waals surface area contributed by atoms with Crippen molar-refractivity contribution >= 4 is 11.8 Å². The van der Waals surface area contributed by atoms with Crippen LogP contribution in [-0.2, 0) is 22.6 Å². The Balaban J connectivity index is 1.56. The second kappa shape index (κ2) is 8.21. The number of hydrogen-bond donors (Lipinski definition) is 0. The molecule has 1 fully saturated rings. The molecule has 1 saturated heterocycles. The fraction of sp³-hybridized carbons (Fsp3) is 0.429. The van der Waals surface area contributed by atoms with Crippen molar-refractivity contribution in [1.82, 2.24) is 9.80 Å². The molecule has 26 heavy (non-hydrogen) atoms. The predicted molar refractivity (Wildman–Crippen MR) is 99.4 cm³/mol.